The highest BCUT2D eigenvalue weighted by atomic mass is 32.2. The summed E-state index contributed by atoms with van der Waals surface area (Å²) in [5.74, 6) is -2.35. The number of amides is 2. The summed E-state index contributed by atoms with van der Waals surface area (Å²) in [6, 6.07) is 6.24. The Bertz CT molecular complexity index is 1060. The van der Waals surface area contributed by atoms with Crippen LogP contribution in [0.4, 0.5) is 5.69 Å². The molecule has 5 atom stereocenters. The zero-order chi connectivity index (χ0) is 24.0. The van der Waals surface area contributed by atoms with E-state index in [0.29, 0.717) is 29.1 Å². The number of thioether (sulfide) groups is 1. The lowest BCUT2D eigenvalue weighted by Crippen LogP contribution is -2.89. The number of rotatable bonds is 6. The van der Waals surface area contributed by atoms with Crippen LogP contribution in [0.2, 0.25) is 0 Å². The second kappa shape index (κ2) is 8.83. The van der Waals surface area contributed by atoms with Crippen molar-refractivity contribution in [3.05, 3.63) is 40.4 Å². The van der Waals surface area contributed by atoms with E-state index in [2.05, 4.69) is 0 Å². The summed E-state index contributed by atoms with van der Waals surface area (Å²) in [5, 5.41) is 13.8. The van der Waals surface area contributed by atoms with Gasteiger partial charge in [0.25, 0.3) is 5.91 Å². The molecule has 1 aromatic rings. The minimum absolute atomic E-state index is 0.00730. The van der Waals surface area contributed by atoms with Crippen LogP contribution in [0.5, 0.6) is 0 Å². The third-order valence-corrected chi connectivity index (χ3v) is 8.36. The van der Waals surface area contributed by atoms with E-state index < -0.39 is 11.9 Å². The van der Waals surface area contributed by atoms with Gasteiger partial charge in [-0.05, 0) is 18.2 Å². The predicted molar refractivity (Wildman–Crippen MR) is 119 cm³/mol. The number of likely N-dealkylation sites (N-methyl/N-ethyl adjacent to an activating group) is 1. The van der Waals surface area contributed by atoms with Gasteiger partial charge in [0, 0.05) is 30.0 Å². The van der Waals surface area contributed by atoms with Gasteiger partial charge in [-0.1, -0.05) is 19.9 Å². The minimum atomic E-state index is -1.33. The van der Waals surface area contributed by atoms with Crippen molar-refractivity contribution in [3.8, 4) is 0 Å². The number of carbonyl (C=O) groups is 4. The highest BCUT2D eigenvalue weighted by molar-refractivity contribution is 8.03. The molecule has 0 aliphatic carbocycles. The van der Waals surface area contributed by atoms with Crippen LogP contribution in [0, 0.1) is 11.8 Å². The number of hydrogen-bond acceptors (Lipinski definition) is 7. The van der Waals surface area contributed by atoms with Crippen LogP contribution in [0.3, 0.4) is 0 Å². The fraction of sp³-hybridized carbons (Fsp3) is 0.478. The maximum absolute atomic E-state index is 13.1. The molecule has 3 heterocycles. The maximum atomic E-state index is 13.1. The molecule has 5 unspecified atom stereocenters. The Hall–Kier alpha value is -2.85. The standard InChI is InChI=1S/C23H27N3O6S/c1-11-17-12(2)20(27)26(17)18(22(29)30)19(11)33-15-9-16(24-10-15)21(28)25(3)14-7-5-6-13(8-14)23(31)32-4/h5-8,11-12,15-17,24H,9-10H2,1-4H3,(H,29,30). The van der Waals surface area contributed by atoms with E-state index in [1.165, 1.54) is 28.7 Å². The third-order valence-electron chi connectivity index (χ3n) is 6.83. The van der Waals surface area contributed by atoms with Gasteiger partial charge >= 0.3 is 5.97 Å². The van der Waals surface area contributed by atoms with Crippen molar-refractivity contribution in [2.45, 2.75) is 37.6 Å². The first-order valence-corrected chi connectivity index (χ1v) is 11.8. The van der Waals surface area contributed by atoms with E-state index in [4.69, 9.17) is 4.74 Å². The van der Waals surface area contributed by atoms with Crippen molar-refractivity contribution in [2.24, 2.45) is 11.8 Å². The molecular formula is C23H27N3O6S. The molecule has 2 N–H and O–H groups in total. The summed E-state index contributed by atoms with van der Waals surface area (Å²) in [7, 11) is 2.97. The molecular weight excluding hydrogens is 446 g/mol. The topological polar surface area (TPSA) is 124 Å². The lowest BCUT2D eigenvalue weighted by molar-refractivity contribution is -0.656. The Kier molecular flexibility index (Phi) is 6.24. The molecule has 0 bridgehead atoms. The number of ether oxygens (including phenoxy) is 1. The van der Waals surface area contributed by atoms with Crippen molar-refractivity contribution in [3.63, 3.8) is 0 Å². The second-order valence-electron chi connectivity index (χ2n) is 8.77. The Balaban J connectivity index is 1.45. The average molecular weight is 474 g/mol. The zero-order valence-electron chi connectivity index (χ0n) is 18.9. The van der Waals surface area contributed by atoms with Gasteiger partial charge in [0.15, 0.2) is 6.04 Å². The molecule has 2 fully saturated rings. The molecule has 10 heteroatoms. The Morgan fingerprint density at radius 2 is 1.97 bits per heavy atom. The van der Waals surface area contributed by atoms with Crippen LogP contribution in [-0.2, 0) is 19.1 Å². The number of β-lactam (4-membered cyclic amide) rings is 1. The number of anilines is 1. The van der Waals surface area contributed by atoms with Crippen LogP contribution in [-0.4, -0.2) is 66.7 Å². The quantitative estimate of drug-likeness (QED) is 0.429. The Morgan fingerprint density at radius 3 is 2.64 bits per heavy atom. The number of aliphatic carboxylic acids is 1. The highest BCUT2D eigenvalue weighted by Gasteiger charge is 2.55. The van der Waals surface area contributed by atoms with Gasteiger partial charge in [-0.2, -0.15) is 0 Å². The van der Waals surface area contributed by atoms with Crippen LogP contribution in [0.1, 0.15) is 30.6 Å². The molecule has 2 amide bonds. The molecule has 2 saturated heterocycles. The Morgan fingerprint density at radius 1 is 1.24 bits per heavy atom. The summed E-state index contributed by atoms with van der Waals surface area (Å²) in [5.41, 5.74) is 0.951. The number of methoxy groups -OCH3 is 1. The van der Waals surface area contributed by atoms with Crippen molar-refractivity contribution >= 4 is 41.2 Å². The number of esters is 1. The normalized spacial score (nSPS) is 28.4. The molecule has 176 valence electrons. The largest absolute Gasteiger partial charge is 0.543 e. The number of quaternary nitrogens is 1. The number of carboxylic acid groups (broad SMARTS) is 1. The van der Waals surface area contributed by atoms with E-state index in [-0.39, 0.29) is 46.7 Å². The summed E-state index contributed by atoms with van der Waals surface area (Å²) in [6.07, 6.45) is 0.565. The van der Waals surface area contributed by atoms with Crippen molar-refractivity contribution in [1.29, 1.82) is 0 Å². The summed E-state index contributed by atoms with van der Waals surface area (Å²) < 4.78 is 4.75. The molecule has 3 aliphatic rings. The lowest BCUT2D eigenvalue weighted by Gasteiger charge is -2.44. The molecule has 9 nitrogen and oxygen atoms in total. The van der Waals surface area contributed by atoms with Crippen LogP contribution < -0.4 is 15.3 Å². The third kappa shape index (κ3) is 3.91. The molecule has 1 aromatic carbocycles. The first-order chi connectivity index (χ1) is 15.6. The van der Waals surface area contributed by atoms with Gasteiger partial charge < -0.3 is 29.8 Å². The van der Waals surface area contributed by atoms with E-state index in [1.807, 2.05) is 19.2 Å². The van der Waals surface area contributed by atoms with E-state index in [1.54, 1.807) is 31.3 Å². The molecule has 0 spiro atoms. The fourth-order valence-corrected chi connectivity index (χ4v) is 6.54. The molecule has 3 aliphatic heterocycles. The number of nitrogens with two attached hydrogens (primary N) is 1. The van der Waals surface area contributed by atoms with Crippen LogP contribution >= 0.6 is 11.8 Å². The van der Waals surface area contributed by atoms with Gasteiger partial charge in [0.2, 0.25) is 5.91 Å². The number of carbonyl (C=O) groups excluding carboxylic acids is 4. The highest BCUT2D eigenvalue weighted by Crippen LogP contribution is 2.50. The summed E-state index contributed by atoms with van der Waals surface area (Å²) >= 11 is 1.45. The van der Waals surface area contributed by atoms with Crippen molar-refractivity contribution in [2.75, 3.05) is 25.6 Å². The van der Waals surface area contributed by atoms with Gasteiger partial charge in [-0.15, -0.1) is 11.8 Å². The molecule has 0 saturated carbocycles. The number of benzene rings is 1. The first kappa shape index (κ1) is 23.3. The van der Waals surface area contributed by atoms with Crippen LogP contribution in [0.25, 0.3) is 0 Å². The smallest absolute Gasteiger partial charge is 0.337 e. The predicted octanol–water partition coefficient (Wildman–Crippen LogP) is -0.668. The molecule has 0 radical (unpaired) electrons. The second-order valence-corrected chi connectivity index (χ2v) is 10.1. The summed E-state index contributed by atoms with van der Waals surface area (Å²) in [4.78, 5) is 52.5. The molecule has 0 aromatic heterocycles. The van der Waals surface area contributed by atoms with Crippen LogP contribution in [0.15, 0.2) is 34.9 Å². The lowest BCUT2D eigenvalue weighted by atomic mass is 9.84. The monoisotopic (exact) mass is 473 g/mol. The fourth-order valence-electron chi connectivity index (χ4n) is 5.03. The zero-order valence-corrected chi connectivity index (χ0v) is 19.8. The number of carboxylic acids is 1. The van der Waals surface area contributed by atoms with E-state index in [0.717, 1.165) is 0 Å². The van der Waals surface area contributed by atoms with Crippen molar-refractivity contribution < 1.29 is 34.3 Å². The summed E-state index contributed by atoms with van der Waals surface area (Å²) in [6.45, 7) is 4.42. The SMILES string of the molecule is COC(=O)c1cccc(N(C)C(=O)C2CC(SC3=C(C(=O)[O-])N4C(=O)C(C)C4C3C)C[NH2+]2)c1. The molecule has 33 heavy (non-hydrogen) atoms. The van der Waals surface area contributed by atoms with E-state index >= 15 is 0 Å². The van der Waals surface area contributed by atoms with Gasteiger partial charge in [-0.25, -0.2) is 4.79 Å². The number of hydrogen-bond donors (Lipinski definition) is 1. The minimum Gasteiger partial charge on any atom is -0.543 e. The van der Waals surface area contributed by atoms with Gasteiger partial charge in [0.05, 0.1) is 48.1 Å². The number of nitrogens with zero attached hydrogens (tertiary/aromatic N) is 2. The maximum Gasteiger partial charge on any atom is 0.337 e. The van der Waals surface area contributed by atoms with Crippen molar-refractivity contribution in [1.82, 2.24) is 4.90 Å². The Labute approximate surface area is 196 Å². The molecule has 4 rings (SSSR count). The van der Waals surface area contributed by atoms with E-state index in [9.17, 15) is 24.3 Å². The number of fused-ring (bicyclic) bond motifs is 1. The first-order valence-electron chi connectivity index (χ1n) is 10.9. The van der Waals surface area contributed by atoms with Gasteiger partial charge in [-0.3, -0.25) is 9.59 Å². The van der Waals surface area contributed by atoms with Gasteiger partial charge in [0.1, 0.15) is 0 Å². The average Bonchev–Trinajstić information content (AvgIpc) is 3.38.